The first kappa shape index (κ1) is 20.6. The number of halogens is 1. The average Bonchev–Trinajstić information content (AvgIpc) is 2.99. The zero-order chi connectivity index (χ0) is 21.3. The fraction of sp³-hybridized carbons (Fsp3) is 0.500. The van der Waals surface area contributed by atoms with E-state index in [-0.39, 0.29) is 17.7 Å². The highest BCUT2D eigenvalue weighted by Gasteiger charge is 2.50. The molecule has 2 aliphatic rings. The van der Waals surface area contributed by atoms with Crippen molar-refractivity contribution in [2.75, 3.05) is 31.2 Å². The van der Waals surface area contributed by atoms with E-state index in [4.69, 9.17) is 4.74 Å². The highest BCUT2D eigenvalue weighted by molar-refractivity contribution is 5.86. The second-order valence-electron chi connectivity index (χ2n) is 8.74. The number of amides is 1. The summed E-state index contributed by atoms with van der Waals surface area (Å²) in [6.45, 7) is 8.38. The predicted octanol–water partition coefficient (Wildman–Crippen LogP) is 4.00. The number of benzene rings is 1. The largest absolute Gasteiger partial charge is 0.473 e. The Hall–Kier alpha value is -2.63. The molecular formula is C24H30FN3O2. The van der Waals surface area contributed by atoms with E-state index in [2.05, 4.69) is 21.3 Å². The lowest BCUT2D eigenvalue weighted by molar-refractivity contribution is -0.129. The molecule has 6 heteroatoms. The highest BCUT2D eigenvalue weighted by atomic mass is 18.2. The van der Waals surface area contributed by atoms with Crippen molar-refractivity contribution in [3.63, 3.8) is 0 Å². The third-order valence-corrected chi connectivity index (χ3v) is 6.93. The molecule has 0 bridgehead atoms. The number of hydrogen-bond donors (Lipinski definition) is 1. The maximum absolute atomic E-state index is 13.5. The van der Waals surface area contributed by atoms with Crippen molar-refractivity contribution in [2.45, 2.75) is 39.7 Å². The van der Waals surface area contributed by atoms with Gasteiger partial charge in [-0.1, -0.05) is 31.2 Å². The summed E-state index contributed by atoms with van der Waals surface area (Å²) in [5.74, 6) is 0.202. The second kappa shape index (κ2) is 8.25. The van der Waals surface area contributed by atoms with Gasteiger partial charge in [-0.3, -0.25) is 9.18 Å². The van der Waals surface area contributed by atoms with Gasteiger partial charge in [0.2, 0.25) is 11.8 Å². The summed E-state index contributed by atoms with van der Waals surface area (Å²) in [7, 11) is 0. The minimum atomic E-state index is -0.731. The van der Waals surface area contributed by atoms with Gasteiger partial charge < -0.3 is 15.0 Å². The Balaban J connectivity index is 1.43. The van der Waals surface area contributed by atoms with Crippen LogP contribution in [0.5, 0.6) is 5.88 Å². The van der Waals surface area contributed by atoms with Crippen LogP contribution >= 0.6 is 0 Å². The summed E-state index contributed by atoms with van der Waals surface area (Å²) < 4.78 is 19.4. The first-order valence-electron chi connectivity index (χ1n) is 10.7. The molecule has 1 N–H and O–H groups in total. The third-order valence-electron chi connectivity index (χ3n) is 6.93. The minimum Gasteiger partial charge on any atom is -0.473 e. The summed E-state index contributed by atoms with van der Waals surface area (Å²) >= 11 is 0. The number of anilines is 1. The Morgan fingerprint density at radius 3 is 2.67 bits per heavy atom. The highest BCUT2D eigenvalue weighted by Crippen LogP contribution is 2.45. The van der Waals surface area contributed by atoms with Gasteiger partial charge in [0.05, 0.1) is 12.1 Å². The second-order valence-corrected chi connectivity index (χ2v) is 8.74. The number of aryl methyl sites for hydroxylation is 1. The number of ether oxygens (including phenoxy) is 1. The molecule has 2 aromatic rings. The van der Waals surface area contributed by atoms with Crippen LogP contribution < -0.4 is 15.0 Å². The normalized spacial score (nSPS) is 24.3. The molecule has 2 saturated heterocycles. The predicted molar refractivity (Wildman–Crippen MR) is 116 cm³/mol. The van der Waals surface area contributed by atoms with Crippen molar-refractivity contribution in [3.8, 4) is 5.88 Å². The summed E-state index contributed by atoms with van der Waals surface area (Å²) in [6.07, 6.45) is 1.23. The first-order chi connectivity index (χ1) is 14.4. The Morgan fingerprint density at radius 2 is 2.03 bits per heavy atom. The molecule has 2 aliphatic heterocycles. The molecular weight excluding hydrogens is 380 g/mol. The van der Waals surface area contributed by atoms with Crippen molar-refractivity contribution in [3.05, 3.63) is 53.2 Å². The van der Waals surface area contributed by atoms with Crippen LogP contribution in [0.1, 0.15) is 43.0 Å². The molecule has 1 aromatic carbocycles. The number of rotatable bonds is 7. The van der Waals surface area contributed by atoms with E-state index in [9.17, 15) is 9.18 Å². The maximum Gasteiger partial charge on any atom is 0.227 e. The van der Waals surface area contributed by atoms with E-state index in [0.29, 0.717) is 19.0 Å². The molecule has 1 aromatic heterocycles. The number of aromatic nitrogens is 1. The Bertz CT molecular complexity index is 913. The Kier molecular flexibility index (Phi) is 5.67. The Morgan fingerprint density at radius 1 is 1.30 bits per heavy atom. The quantitative estimate of drug-likeness (QED) is 0.750. The van der Waals surface area contributed by atoms with Crippen LogP contribution in [0.2, 0.25) is 0 Å². The fourth-order valence-corrected chi connectivity index (χ4v) is 4.43. The molecule has 2 fully saturated rings. The number of nitrogens with zero attached hydrogens (tertiary/aromatic N) is 2. The number of hydrogen-bond acceptors (Lipinski definition) is 4. The van der Waals surface area contributed by atoms with E-state index in [1.807, 2.05) is 51.1 Å². The molecule has 0 unspecified atom stereocenters. The Labute approximate surface area is 177 Å². The van der Waals surface area contributed by atoms with Crippen molar-refractivity contribution in [1.82, 2.24) is 10.3 Å². The van der Waals surface area contributed by atoms with E-state index in [1.54, 1.807) is 0 Å². The van der Waals surface area contributed by atoms with E-state index >= 15 is 0 Å². The van der Waals surface area contributed by atoms with Crippen LogP contribution in [0.25, 0.3) is 0 Å². The molecule has 3 atom stereocenters. The molecule has 0 aliphatic carbocycles. The molecule has 0 saturated carbocycles. The zero-order valence-corrected chi connectivity index (χ0v) is 18.0. The minimum absolute atomic E-state index is 0.0615. The number of pyridine rings is 1. The lowest BCUT2D eigenvalue weighted by Gasteiger charge is -2.33. The lowest BCUT2D eigenvalue weighted by Crippen LogP contribution is -2.37. The van der Waals surface area contributed by atoms with Gasteiger partial charge in [0.1, 0.15) is 6.61 Å². The van der Waals surface area contributed by atoms with Crippen LogP contribution in [0.15, 0.2) is 36.4 Å². The standard InChI is InChI=1S/C24H30FN3O2/c1-16-11-21(28-9-4-10-28)12-22(27-16)30-15-18-5-7-19(8-6-18)17(2)24(3)20(13-25)14-26-23(24)29/h5-8,11-12,17,20H,4,9-10,13-15H2,1-3H3,(H,26,29)/t17-,20+,24-/m1/s1/i25-1. The topological polar surface area (TPSA) is 54.5 Å². The van der Waals surface area contributed by atoms with Gasteiger partial charge in [0.15, 0.2) is 0 Å². The smallest absolute Gasteiger partial charge is 0.227 e. The number of carbonyl (C=O) groups is 1. The van der Waals surface area contributed by atoms with Crippen LogP contribution in [0, 0.1) is 18.3 Å². The van der Waals surface area contributed by atoms with Gasteiger partial charge in [-0.25, -0.2) is 4.98 Å². The van der Waals surface area contributed by atoms with Gasteiger partial charge >= 0.3 is 0 Å². The number of alkyl halides is 1. The molecule has 0 radical (unpaired) electrons. The summed E-state index contributed by atoms with van der Waals surface area (Å²) in [4.78, 5) is 19.2. The average molecular weight is 411 g/mol. The zero-order valence-electron chi connectivity index (χ0n) is 18.0. The molecule has 1 amide bonds. The molecule has 5 nitrogen and oxygen atoms in total. The van der Waals surface area contributed by atoms with Gasteiger partial charge in [0.25, 0.3) is 0 Å². The molecule has 0 spiro atoms. The maximum atomic E-state index is 13.5. The van der Waals surface area contributed by atoms with Crippen LogP contribution in [0.3, 0.4) is 0 Å². The molecule has 30 heavy (non-hydrogen) atoms. The monoisotopic (exact) mass is 410 g/mol. The van der Waals surface area contributed by atoms with Crippen LogP contribution in [-0.4, -0.2) is 37.2 Å². The van der Waals surface area contributed by atoms with E-state index in [1.165, 1.54) is 12.1 Å². The first-order valence-corrected chi connectivity index (χ1v) is 10.7. The molecule has 4 rings (SSSR count). The van der Waals surface area contributed by atoms with Gasteiger partial charge in [-0.15, -0.1) is 0 Å². The summed E-state index contributed by atoms with van der Waals surface area (Å²) in [5, 5.41) is 2.83. The third kappa shape index (κ3) is 3.75. The van der Waals surface area contributed by atoms with E-state index in [0.717, 1.165) is 29.9 Å². The SMILES string of the molecule is Cc1cc(N2CCC2)cc(OCc2ccc([C@@H](C)[C@@]3(C)C(=O)NC[C@@H]3C[18F])cc2)n1. The van der Waals surface area contributed by atoms with Gasteiger partial charge in [0, 0.05) is 43.0 Å². The van der Waals surface area contributed by atoms with Crippen molar-refractivity contribution in [2.24, 2.45) is 11.3 Å². The van der Waals surface area contributed by atoms with Crippen LogP contribution in [-0.2, 0) is 11.4 Å². The summed E-state index contributed by atoms with van der Waals surface area (Å²) in [6, 6.07) is 12.2. The van der Waals surface area contributed by atoms with Gasteiger partial charge in [-0.2, -0.15) is 0 Å². The number of carbonyl (C=O) groups excluding carboxylic acids is 1. The van der Waals surface area contributed by atoms with Crippen LogP contribution in [0.4, 0.5) is 10.1 Å². The lowest BCUT2D eigenvalue weighted by atomic mass is 9.68. The van der Waals surface area contributed by atoms with E-state index < -0.39 is 12.1 Å². The van der Waals surface area contributed by atoms with Crippen molar-refractivity contribution in [1.29, 1.82) is 0 Å². The molecule has 3 heterocycles. The van der Waals surface area contributed by atoms with Gasteiger partial charge in [-0.05, 0) is 43.4 Å². The summed E-state index contributed by atoms with van der Waals surface area (Å²) in [5.41, 5.74) is 3.45. The fourth-order valence-electron chi connectivity index (χ4n) is 4.43. The van der Waals surface area contributed by atoms with Crippen molar-refractivity contribution >= 4 is 11.6 Å². The number of nitrogens with one attached hydrogen (secondary N) is 1. The van der Waals surface area contributed by atoms with Crippen molar-refractivity contribution < 1.29 is 13.9 Å². The molecule has 160 valence electrons.